The summed E-state index contributed by atoms with van der Waals surface area (Å²) in [6.07, 6.45) is -6.90. The molecule has 0 amide bonds. The van der Waals surface area contributed by atoms with Crippen molar-refractivity contribution in [3.05, 3.63) is 72.5 Å². The van der Waals surface area contributed by atoms with Crippen LogP contribution in [0.15, 0.2) is 77.5 Å². The van der Waals surface area contributed by atoms with Crippen LogP contribution in [0.2, 0.25) is 0 Å². The molecule has 0 bridgehead atoms. The lowest BCUT2D eigenvalue weighted by Gasteiger charge is -2.37. The highest BCUT2D eigenvalue weighted by atomic mass is 19.4. The predicted molar refractivity (Wildman–Crippen MR) is 95.6 cm³/mol. The number of aliphatic imine (C=N–C) groups is 1. The van der Waals surface area contributed by atoms with Gasteiger partial charge in [0.1, 0.15) is 5.75 Å². The molecule has 0 radical (unpaired) electrons. The molecule has 2 aromatic carbocycles. The predicted octanol–water partition coefficient (Wildman–Crippen LogP) is 7.46. The van der Waals surface area contributed by atoms with Crippen molar-refractivity contribution in [1.29, 1.82) is 0 Å². The molecule has 180 valence electrons. The number of ether oxygens (including phenoxy) is 1. The molecule has 0 atom stereocenters. The van der Waals surface area contributed by atoms with Crippen LogP contribution in [0.3, 0.4) is 0 Å². The van der Waals surface area contributed by atoms with E-state index in [1.807, 2.05) is 0 Å². The summed E-state index contributed by atoms with van der Waals surface area (Å²) in [4.78, 5) is 3.56. The van der Waals surface area contributed by atoms with Gasteiger partial charge in [0.15, 0.2) is 5.76 Å². The van der Waals surface area contributed by atoms with Crippen molar-refractivity contribution >= 4 is 11.9 Å². The third-order valence-electron chi connectivity index (χ3n) is 4.03. The molecule has 0 aromatic heterocycles. The molecule has 0 saturated heterocycles. The fourth-order valence-corrected chi connectivity index (χ4v) is 2.25. The smallest absolute Gasteiger partial charge is 0.455 e. The molecule has 0 aliphatic carbocycles. The summed E-state index contributed by atoms with van der Waals surface area (Å²) in [5.41, 5.74) is 0.0804. The summed E-state index contributed by atoms with van der Waals surface area (Å²) in [5, 5.41) is 0. The Balaban J connectivity index is 2.57. The maximum atomic E-state index is 14.5. The third-order valence-corrected chi connectivity index (χ3v) is 4.03. The Morgan fingerprint density at radius 1 is 0.636 bits per heavy atom. The zero-order chi connectivity index (χ0) is 25.1. The Kier molecular flexibility index (Phi) is 7.15. The Labute approximate surface area is 179 Å². The topological polar surface area (TPSA) is 21.6 Å². The van der Waals surface area contributed by atoms with E-state index in [1.165, 1.54) is 36.4 Å². The fraction of sp³-hybridized carbons (Fsp3) is 0.250. The number of para-hydroxylation sites is 2. The van der Waals surface area contributed by atoms with Crippen LogP contribution in [0.1, 0.15) is 0 Å². The number of hydrogen-bond donors (Lipinski definition) is 0. The maximum absolute atomic E-state index is 14.5. The highest BCUT2D eigenvalue weighted by molar-refractivity contribution is 5.75. The van der Waals surface area contributed by atoms with Gasteiger partial charge >= 0.3 is 29.9 Å². The Morgan fingerprint density at radius 2 is 1.12 bits per heavy atom. The van der Waals surface area contributed by atoms with E-state index in [4.69, 9.17) is 0 Å². The number of allylic oxidation sites excluding steroid dienone is 2. The Bertz CT molecular complexity index is 984. The third kappa shape index (κ3) is 4.96. The average molecular weight is 491 g/mol. The summed E-state index contributed by atoms with van der Waals surface area (Å²) in [7, 11) is 0. The van der Waals surface area contributed by atoms with E-state index in [-0.39, 0.29) is 11.8 Å². The molecule has 0 heterocycles. The SMILES string of the molecule is FC(F)(F)C(F)(F)C(F)(F)C(F)(F)C(F)(F)/C(=C\C=Nc1ccccc1)Oc1ccccc1. The van der Waals surface area contributed by atoms with E-state index in [0.717, 1.165) is 24.3 Å². The minimum absolute atomic E-state index is 0.0459. The van der Waals surface area contributed by atoms with Crippen LogP contribution in [0.4, 0.5) is 54.0 Å². The van der Waals surface area contributed by atoms with E-state index in [1.54, 1.807) is 0 Å². The van der Waals surface area contributed by atoms with E-state index < -0.39 is 41.4 Å². The molecule has 2 rings (SSSR count). The normalized spacial score (nSPS) is 14.6. The van der Waals surface area contributed by atoms with Gasteiger partial charge in [0.05, 0.1) is 5.69 Å². The van der Waals surface area contributed by atoms with Gasteiger partial charge in [-0.15, -0.1) is 0 Å². The van der Waals surface area contributed by atoms with Crippen molar-refractivity contribution in [2.75, 3.05) is 0 Å². The van der Waals surface area contributed by atoms with Crippen LogP contribution >= 0.6 is 0 Å². The van der Waals surface area contributed by atoms with Crippen LogP contribution in [0.5, 0.6) is 5.75 Å². The largest absolute Gasteiger partial charge is 0.460 e. The van der Waals surface area contributed by atoms with Crippen LogP contribution in [0.25, 0.3) is 0 Å². The zero-order valence-corrected chi connectivity index (χ0v) is 15.9. The first-order chi connectivity index (χ1) is 15.1. The molecular weight excluding hydrogens is 479 g/mol. The summed E-state index contributed by atoms with van der Waals surface area (Å²) >= 11 is 0. The molecular formula is C20H12F11NO. The Morgan fingerprint density at radius 3 is 1.61 bits per heavy atom. The minimum Gasteiger partial charge on any atom is -0.455 e. The molecule has 0 aliphatic rings. The monoisotopic (exact) mass is 491 g/mol. The van der Waals surface area contributed by atoms with Gasteiger partial charge in [0.2, 0.25) is 0 Å². The van der Waals surface area contributed by atoms with E-state index in [2.05, 4.69) is 9.73 Å². The van der Waals surface area contributed by atoms with Gasteiger partial charge < -0.3 is 4.74 Å². The number of hydrogen-bond acceptors (Lipinski definition) is 2. The van der Waals surface area contributed by atoms with E-state index in [9.17, 15) is 48.3 Å². The molecule has 2 aromatic rings. The van der Waals surface area contributed by atoms with Gasteiger partial charge in [0.25, 0.3) is 0 Å². The molecule has 0 unspecified atom stereocenters. The summed E-state index contributed by atoms with van der Waals surface area (Å²) in [6, 6.07) is 12.6. The van der Waals surface area contributed by atoms with Gasteiger partial charge in [0, 0.05) is 12.3 Å². The molecule has 33 heavy (non-hydrogen) atoms. The van der Waals surface area contributed by atoms with E-state index >= 15 is 0 Å². The molecule has 0 fully saturated rings. The second-order valence-electron chi connectivity index (χ2n) is 6.36. The van der Waals surface area contributed by atoms with Gasteiger partial charge in [-0.05, 0) is 24.3 Å². The first-order valence-corrected chi connectivity index (χ1v) is 8.66. The van der Waals surface area contributed by atoms with Crippen molar-refractivity contribution in [2.24, 2.45) is 4.99 Å². The van der Waals surface area contributed by atoms with Crippen molar-refractivity contribution < 1.29 is 53.0 Å². The lowest BCUT2D eigenvalue weighted by atomic mass is 9.96. The van der Waals surface area contributed by atoms with Crippen molar-refractivity contribution in [3.8, 4) is 5.75 Å². The first-order valence-electron chi connectivity index (χ1n) is 8.66. The second kappa shape index (κ2) is 9.02. The quantitative estimate of drug-likeness (QED) is 0.214. The van der Waals surface area contributed by atoms with Crippen LogP contribution < -0.4 is 4.74 Å². The van der Waals surface area contributed by atoms with Crippen LogP contribution in [-0.4, -0.2) is 36.1 Å². The second-order valence-corrected chi connectivity index (χ2v) is 6.36. The van der Waals surface area contributed by atoms with E-state index in [0.29, 0.717) is 6.21 Å². The van der Waals surface area contributed by atoms with Gasteiger partial charge in [-0.2, -0.15) is 48.3 Å². The fourth-order valence-electron chi connectivity index (χ4n) is 2.25. The molecule has 0 saturated carbocycles. The molecule has 2 nitrogen and oxygen atoms in total. The zero-order valence-electron chi connectivity index (χ0n) is 15.9. The molecule has 0 N–H and O–H groups in total. The minimum atomic E-state index is -7.56. The number of benzene rings is 2. The number of alkyl halides is 11. The maximum Gasteiger partial charge on any atom is 0.460 e. The molecule has 13 heteroatoms. The number of nitrogens with zero attached hydrogens (tertiary/aromatic N) is 1. The standard InChI is InChI=1S/C20H12F11NO/c21-16(22,17(23,24)18(25,26)19(27,28)20(29,30)31)15(33-14-9-5-2-6-10-14)11-12-32-13-7-3-1-4-8-13/h1-12H/b15-11+,32-12?. The highest BCUT2D eigenvalue weighted by Crippen LogP contribution is 2.58. The van der Waals surface area contributed by atoms with Crippen molar-refractivity contribution in [2.45, 2.75) is 29.9 Å². The van der Waals surface area contributed by atoms with Crippen LogP contribution in [0, 0.1) is 0 Å². The first kappa shape index (κ1) is 26.1. The van der Waals surface area contributed by atoms with Gasteiger partial charge in [-0.3, -0.25) is 4.99 Å². The summed E-state index contributed by atoms with van der Waals surface area (Å²) in [5.74, 6) is -31.6. The number of rotatable bonds is 8. The Hall–Kier alpha value is -3.12. The average Bonchev–Trinajstić information content (AvgIpc) is 2.73. The molecule has 0 spiro atoms. The van der Waals surface area contributed by atoms with Crippen molar-refractivity contribution in [3.63, 3.8) is 0 Å². The lowest BCUT2D eigenvalue weighted by molar-refractivity contribution is -0.419. The lowest BCUT2D eigenvalue weighted by Crippen LogP contribution is -2.67. The highest BCUT2D eigenvalue weighted by Gasteiger charge is 2.88. The summed E-state index contributed by atoms with van der Waals surface area (Å²) in [6.45, 7) is 0. The van der Waals surface area contributed by atoms with Gasteiger partial charge in [-0.25, -0.2) is 0 Å². The van der Waals surface area contributed by atoms with Gasteiger partial charge in [-0.1, -0.05) is 36.4 Å². The molecule has 0 aliphatic heterocycles. The number of halogens is 11. The van der Waals surface area contributed by atoms with Crippen LogP contribution in [-0.2, 0) is 0 Å². The summed E-state index contributed by atoms with van der Waals surface area (Å²) < 4.78 is 152. The van der Waals surface area contributed by atoms with Crippen molar-refractivity contribution in [1.82, 2.24) is 0 Å².